The zero-order valence-electron chi connectivity index (χ0n) is 39.0. The molecule has 0 amide bonds. The number of hydrogen-bond acceptors (Lipinski definition) is 6. The number of aromatic carboxylic acids is 2. The van der Waals surface area contributed by atoms with Crippen LogP contribution in [0.3, 0.4) is 0 Å². The van der Waals surface area contributed by atoms with Crippen molar-refractivity contribution in [2.75, 3.05) is 26.4 Å². The second-order valence-electron chi connectivity index (χ2n) is 16.6. The van der Waals surface area contributed by atoms with Crippen molar-refractivity contribution in [2.24, 2.45) is 0 Å². The van der Waals surface area contributed by atoms with Crippen molar-refractivity contribution >= 4 is 11.9 Å². The first-order chi connectivity index (χ1) is 29.4. The van der Waals surface area contributed by atoms with Crippen LogP contribution in [0.15, 0.2) is 12.4 Å². The molecule has 0 radical (unpaired) electrons. The average Bonchev–Trinajstić information content (AvgIpc) is 3.85. The molecule has 2 aromatic heterocycles. The highest BCUT2D eigenvalue weighted by molar-refractivity contribution is 5.97. The molecule has 0 saturated heterocycles. The third-order valence-corrected chi connectivity index (χ3v) is 11.0. The highest BCUT2D eigenvalue weighted by atomic mass is 16.5. The lowest BCUT2D eigenvalue weighted by Gasteiger charge is -2.11. The third-order valence-electron chi connectivity index (χ3n) is 11.0. The maximum Gasteiger partial charge on any atom is 0.356 e. The molecule has 60 heavy (non-hydrogen) atoms. The molecule has 2 heterocycles. The van der Waals surface area contributed by atoms with Crippen molar-refractivity contribution in [3.63, 3.8) is 0 Å². The monoisotopic (exact) mass is 847 g/mol. The molecular formula is C50H90N2O8. The molecule has 348 valence electrons. The Hall–Kier alpha value is -3.30. The molecule has 0 aliphatic heterocycles. The van der Waals surface area contributed by atoms with Gasteiger partial charge in [0.2, 0.25) is 0 Å². The van der Waals surface area contributed by atoms with Crippen LogP contribution in [0.25, 0.3) is 0 Å². The zero-order chi connectivity index (χ0) is 43.7. The number of carbonyl (C=O) groups is 2. The molecule has 10 heteroatoms. The summed E-state index contributed by atoms with van der Waals surface area (Å²) in [6.45, 7) is 11.2. The molecule has 0 atom stereocenters. The SMILES string of the molecule is CCCCCCCCCCOc1c(C(=O)O)[nH]c(C(=O)O)c1OCCCCCCCCCC.CCCCCCCCCCOc1c[nH]cc1OCCCCCCCCCC. The van der Waals surface area contributed by atoms with Crippen LogP contribution in [0.5, 0.6) is 23.0 Å². The van der Waals surface area contributed by atoms with E-state index in [9.17, 15) is 19.8 Å². The van der Waals surface area contributed by atoms with Crippen LogP contribution in [0, 0.1) is 0 Å². The summed E-state index contributed by atoms with van der Waals surface area (Å²) in [4.78, 5) is 28.8. The largest absolute Gasteiger partial charge is 0.488 e. The first kappa shape index (κ1) is 54.7. The number of ether oxygens (including phenoxy) is 4. The van der Waals surface area contributed by atoms with Crippen molar-refractivity contribution in [3.8, 4) is 23.0 Å². The summed E-state index contributed by atoms with van der Waals surface area (Å²) < 4.78 is 23.3. The van der Waals surface area contributed by atoms with Gasteiger partial charge >= 0.3 is 11.9 Å². The van der Waals surface area contributed by atoms with E-state index in [2.05, 4.69) is 37.7 Å². The Labute approximate surface area is 366 Å². The summed E-state index contributed by atoms with van der Waals surface area (Å²) in [6, 6.07) is 0. The topological polar surface area (TPSA) is 143 Å². The molecular weight excluding hydrogens is 757 g/mol. The fourth-order valence-corrected chi connectivity index (χ4v) is 7.26. The first-order valence-electron chi connectivity index (χ1n) is 24.8. The Bertz CT molecular complexity index is 1180. The second-order valence-corrected chi connectivity index (χ2v) is 16.6. The Morgan fingerprint density at radius 1 is 0.383 bits per heavy atom. The van der Waals surface area contributed by atoms with Gasteiger partial charge in [-0.05, 0) is 25.7 Å². The van der Waals surface area contributed by atoms with Gasteiger partial charge in [0.15, 0.2) is 34.4 Å². The lowest BCUT2D eigenvalue weighted by atomic mass is 10.1. The van der Waals surface area contributed by atoms with Crippen LogP contribution < -0.4 is 18.9 Å². The van der Waals surface area contributed by atoms with Gasteiger partial charge in [-0.25, -0.2) is 9.59 Å². The van der Waals surface area contributed by atoms with E-state index in [-0.39, 0.29) is 22.9 Å². The number of unbranched alkanes of at least 4 members (excludes halogenated alkanes) is 28. The lowest BCUT2D eigenvalue weighted by Crippen LogP contribution is -2.06. The molecule has 0 saturated carbocycles. The number of H-pyrrole nitrogens is 2. The van der Waals surface area contributed by atoms with Gasteiger partial charge < -0.3 is 39.1 Å². The van der Waals surface area contributed by atoms with E-state index in [1.54, 1.807) is 0 Å². The standard InChI is InChI=1S/C26H45NO6.C24H45NO2/c1-3-5-7-9-11-13-15-17-19-32-23-21(25(28)29)27-22(26(30)31)24(23)33-20-18-16-14-12-10-8-6-4-2;1-3-5-7-9-11-13-15-17-19-26-23-21-25-22-24(23)27-20-18-16-14-12-10-8-6-4-2/h27H,3-20H2,1-2H3,(H,28,29)(H,30,31);21-22,25H,3-20H2,1-2H3. The number of nitrogens with one attached hydrogen (secondary N) is 2. The maximum atomic E-state index is 11.6. The molecule has 2 rings (SSSR count). The molecule has 0 bridgehead atoms. The van der Waals surface area contributed by atoms with Gasteiger partial charge in [-0.15, -0.1) is 0 Å². The molecule has 2 aromatic rings. The molecule has 0 spiro atoms. The summed E-state index contributed by atoms with van der Waals surface area (Å²) in [5.74, 6) is -0.768. The molecule has 0 unspecified atom stereocenters. The summed E-state index contributed by atoms with van der Waals surface area (Å²) >= 11 is 0. The average molecular weight is 847 g/mol. The predicted octanol–water partition coefficient (Wildman–Crippen LogP) is 15.5. The van der Waals surface area contributed by atoms with Gasteiger partial charge in [0.05, 0.1) is 26.4 Å². The lowest BCUT2D eigenvalue weighted by molar-refractivity contribution is 0.0685. The van der Waals surface area contributed by atoms with E-state index in [1.807, 2.05) is 12.4 Å². The van der Waals surface area contributed by atoms with Gasteiger partial charge in [-0.1, -0.05) is 207 Å². The number of hydrogen-bond donors (Lipinski definition) is 4. The molecule has 0 aromatic carbocycles. The smallest absolute Gasteiger partial charge is 0.356 e. The predicted molar refractivity (Wildman–Crippen MR) is 248 cm³/mol. The van der Waals surface area contributed by atoms with Gasteiger partial charge in [0.1, 0.15) is 0 Å². The Balaban J connectivity index is 0.000000612. The van der Waals surface area contributed by atoms with Crippen LogP contribution in [0.4, 0.5) is 0 Å². The van der Waals surface area contributed by atoms with Crippen molar-refractivity contribution in [3.05, 3.63) is 23.8 Å². The maximum absolute atomic E-state index is 11.6. The summed E-state index contributed by atoms with van der Waals surface area (Å²) in [5.41, 5.74) is -0.532. The van der Waals surface area contributed by atoms with Gasteiger partial charge in [0.25, 0.3) is 0 Å². The van der Waals surface area contributed by atoms with Crippen molar-refractivity contribution in [1.82, 2.24) is 9.97 Å². The van der Waals surface area contributed by atoms with Crippen LogP contribution in [-0.4, -0.2) is 58.5 Å². The fraction of sp³-hybridized carbons (Fsp3) is 0.800. The summed E-state index contributed by atoms with van der Waals surface area (Å²) in [6.07, 6.45) is 43.3. The number of aromatic amines is 2. The van der Waals surface area contributed by atoms with Gasteiger partial charge in [-0.2, -0.15) is 0 Å². The Morgan fingerprint density at radius 2 is 0.617 bits per heavy atom. The van der Waals surface area contributed by atoms with Gasteiger partial charge in [0, 0.05) is 12.4 Å². The molecule has 0 aliphatic carbocycles. The minimum absolute atomic E-state index is 0.00223. The van der Waals surface area contributed by atoms with Crippen molar-refractivity contribution < 1.29 is 38.7 Å². The van der Waals surface area contributed by atoms with E-state index >= 15 is 0 Å². The van der Waals surface area contributed by atoms with E-state index in [4.69, 9.17) is 18.9 Å². The van der Waals surface area contributed by atoms with Gasteiger partial charge in [-0.3, -0.25) is 0 Å². The fourth-order valence-electron chi connectivity index (χ4n) is 7.26. The van der Waals surface area contributed by atoms with Crippen molar-refractivity contribution in [1.29, 1.82) is 0 Å². The molecule has 0 fully saturated rings. The van der Waals surface area contributed by atoms with Crippen LogP contribution in [0.2, 0.25) is 0 Å². The molecule has 4 N–H and O–H groups in total. The minimum atomic E-state index is -1.26. The third kappa shape index (κ3) is 28.3. The minimum Gasteiger partial charge on any atom is -0.488 e. The molecule has 0 aliphatic rings. The number of carboxylic acid groups (broad SMARTS) is 2. The highest BCUT2D eigenvalue weighted by Crippen LogP contribution is 2.36. The second kappa shape index (κ2) is 39.8. The van der Waals surface area contributed by atoms with E-state index in [0.29, 0.717) is 13.2 Å². The number of aromatic nitrogens is 2. The normalized spacial score (nSPS) is 11.0. The summed E-state index contributed by atoms with van der Waals surface area (Å²) in [7, 11) is 0. The highest BCUT2D eigenvalue weighted by Gasteiger charge is 2.28. The van der Waals surface area contributed by atoms with E-state index in [0.717, 1.165) is 76.1 Å². The van der Waals surface area contributed by atoms with E-state index < -0.39 is 11.9 Å². The number of carboxylic acids is 2. The van der Waals surface area contributed by atoms with Crippen LogP contribution in [-0.2, 0) is 0 Å². The number of rotatable bonds is 42. The summed E-state index contributed by atoms with van der Waals surface area (Å²) in [5, 5.41) is 19.0. The van der Waals surface area contributed by atoms with Crippen LogP contribution in [0.1, 0.15) is 254 Å². The Morgan fingerprint density at radius 3 is 0.867 bits per heavy atom. The van der Waals surface area contributed by atoms with Crippen LogP contribution >= 0.6 is 0 Å². The quantitative estimate of drug-likeness (QED) is 0.0484. The first-order valence-corrected chi connectivity index (χ1v) is 24.8. The van der Waals surface area contributed by atoms with Crippen molar-refractivity contribution in [2.45, 2.75) is 233 Å². The zero-order valence-corrected chi connectivity index (χ0v) is 39.0. The van der Waals surface area contributed by atoms with E-state index in [1.165, 1.54) is 154 Å². The molecule has 10 nitrogen and oxygen atoms in total. The Kier molecular flexibility index (Phi) is 36.3.